The van der Waals surface area contributed by atoms with Crippen LogP contribution in [-0.2, 0) is 0 Å². The number of fused-ring (bicyclic) bond motifs is 6. The summed E-state index contributed by atoms with van der Waals surface area (Å²) in [5, 5.41) is 5.23. The molecule has 1 aliphatic rings. The van der Waals surface area contributed by atoms with Crippen molar-refractivity contribution in [2.45, 2.75) is 32.1 Å². The van der Waals surface area contributed by atoms with Crippen LogP contribution in [0.25, 0.3) is 21.5 Å². The maximum absolute atomic E-state index is 6.40. The van der Waals surface area contributed by atoms with Gasteiger partial charge in [0.05, 0.1) is 0 Å². The number of hydrogen-bond donors (Lipinski definition) is 0. The van der Waals surface area contributed by atoms with Crippen LogP contribution in [0.15, 0.2) is 72.8 Å². The normalized spacial score (nSPS) is 13.4. The van der Waals surface area contributed by atoms with Crippen molar-refractivity contribution in [3.8, 4) is 11.5 Å². The number of benzene rings is 4. The Labute approximate surface area is 154 Å². The van der Waals surface area contributed by atoms with Crippen molar-refractivity contribution in [2.24, 2.45) is 0 Å². The molecule has 0 saturated carbocycles. The van der Waals surface area contributed by atoms with Crippen LogP contribution in [0.3, 0.4) is 0 Å². The SMILES string of the molecule is CCCCC1c2c(ccc3ccccc23)Oc2ccc3ccccc3c21. The van der Waals surface area contributed by atoms with Gasteiger partial charge in [-0.05, 0) is 40.1 Å². The van der Waals surface area contributed by atoms with E-state index in [0.29, 0.717) is 5.92 Å². The van der Waals surface area contributed by atoms with Gasteiger partial charge in [-0.15, -0.1) is 0 Å². The van der Waals surface area contributed by atoms with Crippen molar-refractivity contribution < 1.29 is 4.74 Å². The van der Waals surface area contributed by atoms with E-state index in [1.165, 1.54) is 45.5 Å². The molecule has 4 aromatic carbocycles. The number of hydrogen-bond acceptors (Lipinski definition) is 1. The lowest BCUT2D eigenvalue weighted by atomic mass is 9.80. The molecule has 0 fully saturated rings. The van der Waals surface area contributed by atoms with Gasteiger partial charge in [-0.3, -0.25) is 0 Å². The molecule has 1 aliphatic heterocycles. The van der Waals surface area contributed by atoms with Gasteiger partial charge in [-0.2, -0.15) is 0 Å². The molecule has 0 radical (unpaired) electrons. The van der Waals surface area contributed by atoms with Crippen LogP contribution in [0.2, 0.25) is 0 Å². The molecule has 0 aromatic heterocycles. The topological polar surface area (TPSA) is 9.23 Å². The van der Waals surface area contributed by atoms with Crippen LogP contribution in [0.4, 0.5) is 0 Å². The third kappa shape index (κ3) is 2.31. The van der Waals surface area contributed by atoms with E-state index in [0.717, 1.165) is 17.9 Å². The largest absolute Gasteiger partial charge is 0.457 e. The first kappa shape index (κ1) is 15.5. The second-order valence-corrected chi connectivity index (χ2v) is 7.19. The van der Waals surface area contributed by atoms with Gasteiger partial charge in [0.15, 0.2) is 0 Å². The maximum atomic E-state index is 6.40. The van der Waals surface area contributed by atoms with E-state index in [1.54, 1.807) is 0 Å². The van der Waals surface area contributed by atoms with E-state index < -0.39 is 0 Å². The molecule has 1 heterocycles. The molecule has 0 spiro atoms. The summed E-state index contributed by atoms with van der Waals surface area (Å²) < 4.78 is 6.40. The molecule has 0 bridgehead atoms. The Balaban J connectivity index is 1.82. The van der Waals surface area contributed by atoms with Gasteiger partial charge in [0.2, 0.25) is 0 Å². The minimum Gasteiger partial charge on any atom is -0.457 e. The quantitative estimate of drug-likeness (QED) is 0.377. The molecule has 0 amide bonds. The standard InChI is InChI=1S/C25H22O/c1-2-3-10-21-24-19-11-6-4-8-17(19)13-15-22(24)26-23-16-14-18-9-5-7-12-20(18)25(21)23/h4-9,11-16,21H,2-3,10H2,1H3. The van der Waals surface area contributed by atoms with Gasteiger partial charge in [0, 0.05) is 17.0 Å². The lowest BCUT2D eigenvalue weighted by molar-refractivity contribution is 0.442. The zero-order chi connectivity index (χ0) is 17.5. The minimum absolute atomic E-state index is 0.380. The van der Waals surface area contributed by atoms with Crippen LogP contribution < -0.4 is 4.74 Å². The molecule has 0 saturated heterocycles. The van der Waals surface area contributed by atoms with Crippen LogP contribution in [0.1, 0.15) is 43.2 Å². The summed E-state index contributed by atoms with van der Waals surface area (Å²) >= 11 is 0. The Morgan fingerprint density at radius 1 is 0.692 bits per heavy atom. The number of unbranched alkanes of at least 4 members (excludes halogenated alkanes) is 1. The smallest absolute Gasteiger partial charge is 0.131 e. The van der Waals surface area contributed by atoms with Gasteiger partial charge in [-0.1, -0.05) is 80.4 Å². The third-order valence-electron chi connectivity index (χ3n) is 5.62. The highest BCUT2D eigenvalue weighted by atomic mass is 16.5. The average molecular weight is 338 g/mol. The molecule has 26 heavy (non-hydrogen) atoms. The van der Waals surface area contributed by atoms with Crippen molar-refractivity contribution >= 4 is 21.5 Å². The van der Waals surface area contributed by atoms with Crippen LogP contribution in [-0.4, -0.2) is 0 Å². The van der Waals surface area contributed by atoms with E-state index >= 15 is 0 Å². The van der Waals surface area contributed by atoms with Crippen molar-refractivity contribution in [1.82, 2.24) is 0 Å². The molecule has 128 valence electrons. The highest BCUT2D eigenvalue weighted by molar-refractivity contribution is 5.94. The second kappa shape index (κ2) is 6.17. The fourth-order valence-electron chi connectivity index (χ4n) is 4.41. The van der Waals surface area contributed by atoms with E-state index in [-0.39, 0.29) is 0 Å². The summed E-state index contributed by atoms with van der Waals surface area (Å²) in [6.07, 6.45) is 3.58. The first-order chi connectivity index (χ1) is 12.9. The highest BCUT2D eigenvalue weighted by Crippen LogP contribution is 2.51. The Morgan fingerprint density at radius 2 is 1.23 bits per heavy atom. The Kier molecular flexibility index (Phi) is 3.67. The Bertz CT molecular complexity index is 1020. The average Bonchev–Trinajstić information content (AvgIpc) is 2.70. The monoisotopic (exact) mass is 338 g/mol. The van der Waals surface area contributed by atoms with Crippen molar-refractivity contribution in [2.75, 3.05) is 0 Å². The maximum Gasteiger partial charge on any atom is 0.131 e. The van der Waals surface area contributed by atoms with Gasteiger partial charge in [-0.25, -0.2) is 0 Å². The van der Waals surface area contributed by atoms with E-state index in [2.05, 4.69) is 79.7 Å². The third-order valence-corrected chi connectivity index (χ3v) is 5.62. The molecule has 1 nitrogen and oxygen atoms in total. The van der Waals surface area contributed by atoms with Crippen LogP contribution in [0, 0.1) is 0 Å². The van der Waals surface area contributed by atoms with Crippen LogP contribution >= 0.6 is 0 Å². The number of rotatable bonds is 3. The van der Waals surface area contributed by atoms with Gasteiger partial charge in [0.1, 0.15) is 11.5 Å². The zero-order valence-electron chi connectivity index (χ0n) is 15.0. The van der Waals surface area contributed by atoms with Gasteiger partial charge in [0.25, 0.3) is 0 Å². The number of ether oxygens (including phenoxy) is 1. The van der Waals surface area contributed by atoms with Crippen LogP contribution in [0.5, 0.6) is 11.5 Å². The van der Waals surface area contributed by atoms with E-state index in [4.69, 9.17) is 4.74 Å². The van der Waals surface area contributed by atoms with Gasteiger partial charge < -0.3 is 4.74 Å². The molecular formula is C25H22O. The summed E-state index contributed by atoms with van der Waals surface area (Å²) in [4.78, 5) is 0. The second-order valence-electron chi connectivity index (χ2n) is 7.19. The Hall–Kier alpha value is -2.80. The first-order valence-electron chi connectivity index (χ1n) is 9.58. The summed E-state index contributed by atoms with van der Waals surface area (Å²) in [7, 11) is 0. The summed E-state index contributed by atoms with van der Waals surface area (Å²) in [5.41, 5.74) is 2.72. The fraction of sp³-hybridized carbons (Fsp3) is 0.200. The predicted octanol–water partition coefficient (Wildman–Crippen LogP) is 7.42. The van der Waals surface area contributed by atoms with Crippen molar-refractivity contribution in [3.05, 3.63) is 83.9 Å². The summed E-state index contributed by atoms with van der Waals surface area (Å²) in [5.74, 6) is 2.42. The lowest BCUT2D eigenvalue weighted by Crippen LogP contribution is -2.11. The zero-order valence-corrected chi connectivity index (χ0v) is 15.0. The van der Waals surface area contributed by atoms with Crippen molar-refractivity contribution in [3.63, 3.8) is 0 Å². The highest BCUT2D eigenvalue weighted by Gasteiger charge is 2.30. The molecule has 0 N–H and O–H groups in total. The molecule has 0 atom stereocenters. The fourth-order valence-corrected chi connectivity index (χ4v) is 4.41. The predicted molar refractivity (Wildman–Crippen MR) is 109 cm³/mol. The summed E-state index contributed by atoms with van der Waals surface area (Å²) in [6.45, 7) is 2.27. The van der Waals surface area contributed by atoms with E-state index in [9.17, 15) is 0 Å². The summed E-state index contributed by atoms with van der Waals surface area (Å²) in [6, 6.07) is 26.0. The molecule has 0 unspecified atom stereocenters. The minimum atomic E-state index is 0.380. The van der Waals surface area contributed by atoms with Crippen molar-refractivity contribution in [1.29, 1.82) is 0 Å². The van der Waals surface area contributed by atoms with Gasteiger partial charge >= 0.3 is 0 Å². The molecule has 1 heteroatoms. The van der Waals surface area contributed by atoms with E-state index in [1.807, 2.05) is 0 Å². The molecule has 4 aromatic rings. The molecule has 0 aliphatic carbocycles. The molecular weight excluding hydrogens is 316 g/mol. The lowest BCUT2D eigenvalue weighted by Gasteiger charge is -2.31. The molecule has 5 rings (SSSR count). The Morgan fingerprint density at radius 3 is 1.77 bits per heavy atom. The first-order valence-corrected chi connectivity index (χ1v) is 9.58.